The van der Waals surface area contributed by atoms with E-state index in [1.165, 1.54) is 25.3 Å². The van der Waals surface area contributed by atoms with Crippen molar-refractivity contribution in [3.63, 3.8) is 0 Å². The molecule has 1 aliphatic rings. The molecule has 2 nitrogen and oxygen atoms in total. The molecule has 0 aliphatic carbocycles. The summed E-state index contributed by atoms with van der Waals surface area (Å²) in [5.74, 6) is 2.22. The largest absolute Gasteiger partial charge is 0.492 e. The van der Waals surface area contributed by atoms with Crippen LogP contribution in [0.5, 0.6) is 5.75 Å². The molecule has 0 N–H and O–H groups in total. The second kappa shape index (κ2) is 7.41. The first-order chi connectivity index (χ1) is 8.78. The van der Waals surface area contributed by atoms with Gasteiger partial charge in [0.05, 0.1) is 0 Å². The fourth-order valence-corrected chi connectivity index (χ4v) is 3.57. The number of nitrogens with zero attached hydrogens (tertiary/aromatic N) is 1. The summed E-state index contributed by atoms with van der Waals surface area (Å²) in [7, 11) is 0. The highest BCUT2D eigenvalue weighted by molar-refractivity contribution is 9.10. The second-order valence-electron chi connectivity index (χ2n) is 4.50. The third-order valence-electron chi connectivity index (χ3n) is 3.17. The van der Waals surface area contributed by atoms with Crippen molar-refractivity contribution in [3.8, 4) is 5.75 Å². The summed E-state index contributed by atoms with van der Waals surface area (Å²) in [4.78, 5) is 2.52. The first kappa shape index (κ1) is 14.2. The Kier molecular flexibility index (Phi) is 5.86. The van der Waals surface area contributed by atoms with Crippen molar-refractivity contribution in [2.24, 2.45) is 0 Å². The molecule has 0 bridgehead atoms. The van der Waals surface area contributed by atoms with Gasteiger partial charge in [0.1, 0.15) is 12.4 Å². The maximum atomic E-state index is 5.76. The zero-order valence-corrected chi connectivity index (χ0v) is 13.2. The van der Waals surface area contributed by atoms with E-state index in [-0.39, 0.29) is 0 Å². The van der Waals surface area contributed by atoms with Gasteiger partial charge < -0.3 is 4.74 Å². The van der Waals surface area contributed by atoms with Crippen molar-refractivity contribution in [1.29, 1.82) is 0 Å². The fraction of sp³-hybridized carbons (Fsp3) is 0.571. The van der Waals surface area contributed by atoms with Gasteiger partial charge in [-0.1, -0.05) is 22.9 Å². The van der Waals surface area contributed by atoms with E-state index < -0.39 is 0 Å². The van der Waals surface area contributed by atoms with Crippen LogP contribution in [0.15, 0.2) is 28.7 Å². The van der Waals surface area contributed by atoms with Gasteiger partial charge in [-0.05, 0) is 30.7 Å². The van der Waals surface area contributed by atoms with Gasteiger partial charge >= 0.3 is 0 Å². The Hall–Kier alpha value is -0.190. The molecule has 1 fully saturated rings. The molecule has 1 unspecified atom stereocenters. The summed E-state index contributed by atoms with van der Waals surface area (Å²) < 4.78 is 6.85. The molecule has 0 amide bonds. The van der Waals surface area contributed by atoms with Crippen LogP contribution in [0.3, 0.4) is 0 Å². The molecule has 4 heteroatoms. The van der Waals surface area contributed by atoms with E-state index in [1.807, 2.05) is 24.3 Å². The predicted octanol–water partition coefficient (Wildman–Crippen LogP) is 3.66. The molecule has 100 valence electrons. The highest BCUT2D eigenvalue weighted by atomic mass is 79.9. The van der Waals surface area contributed by atoms with Crippen molar-refractivity contribution in [1.82, 2.24) is 4.90 Å². The van der Waals surface area contributed by atoms with Gasteiger partial charge in [-0.2, -0.15) is 11.8 Å². The van der Waals surface area contributed by atoms with Gasteiger partial charge in [-0.15, -0.1) is 0 Å². The van der Waals surface area contributed by atoms with E-state index in [2.05, 4.69) is 39.5 Å². The third-order valence-corrected chi connectivity index (χ3v) is 5.07. The van der Waals surface area contributed by atoms with E-state index in [0.29, 0.717) is 0 Å². The highest BCUT2D eigenvalue weighted by Gasteiger charge is 2.18. The minimum atomic E-state index is 0.780. The Balaban J connectivity index is 1.70. The third kappa shape index (κ3) is 4.48. The number of thioether (sulfide) groups is 1. The Morgan fingerprint density at radius 3 is 2.89 bits per heavy atom. The highest BCUT2D eigenvalue weighted by Crippen LogP contribution is 2.21. The zero-order chi connectivity index (χ0) is 12.8. The van der Waals surface area contributed by atoms with Gasteiger partial charge in [0.25, 0.3) is 0 Å². The van der Waals surface area contributed by atoms with Crippen LogP contribution in [0.4, 0.5) is 0 Å². The molecular formula is C14H20BrNOS. The minimum absolute atomic E-state index is 0.780. The molecule has 1 heterocycles. The minimum Gasteiger partial charge on any atom is -0.492 e. The van der Waals surface area contributed by atoms with Gasteiger partial charge in [0.2, 0.25) is 0 Å². The maximum Gasteiger partial charge on any atom is 0.119 e. The lowest BCUT2D eigenvalue weighted by Crippen LogP contribution is -2.39. The van der Waals surface area contributed by atoms with Crippen LogP contribution >= 0.6 is 27.7 Å². The second-order valence-corrected chi connectivity index (χ2v) is 6.83. The first-order valence-corrected chi connectivity index (χ1v) is 8.34. The SMILES string of the molecule is CCC1CN(CCOc2ccc(Br)cc2)CCS1. The van der Waals surface area contributed by atoms with Gasteiger partial charge in [0.15, 0.2) is 0 Å². The summed E-state index contributed by atoms with van der Waals surface area (Å²) in [6.07, 6.45) is 1.27. The van der Waals surface area contributed by atoms with Gasteiger partial charge in [-0.3, -0.25) is 4.90 Å². The molecule has 1 atom stereocenters. The van der Waals surface area contributed by atoms with Crippen LogP contribution in [0, 0.1) is 0 Å². The van der Waals surface area contributed by atoms with Crippen LogP contribution in [-0.4, -0.2) is 42.1 Å². The van der Waals surface area contributed by atoms with Gasteiger partial charge in [0, 0.05) is 35.1 Å². The average molecular weight is 330 g/mol. The predicted molar refractivity (Wildman–Crippen MR) is 82.6 cm³/mol. The van der Waals surface area contributed by atoms with Crippen molar-refractivity contribution >= 4 is 27.7 Å². The maximum absolute atomic E-state index is 5.76. The normalized spacial score (nSPS) is 20.9. The van der Waals surface area contributed by atoms with Crippen molar-refractivity contribution in [3.05, 3.63) is 28.7 Å². The molecule has 0 aromatic heterocycles. The number of halogens is 1. The summed E-state index contributed by atoms with van der Waals surface area (Å²) in [6.45, 7) is 6.51. The summed E-state index contributed by atoms with van der Waals surface area (Å²) >= 11 is 5.54. The van der Waals surface area contributed by atoms with E-state index in [1.54, 1.807) is 0 Å². The number of hydrogen-bond acceptors (Lipinski definition) is 3. The quantitative estimate of drug-likeness (QED) is 0.818. The van der Waals surface area contributed by atoms with Crippen molar-refractivity contribution in [2.45, 2.75) is 18.6 Å². The molecule has 2 rings (SSSR count). The number of ether oxygens (including phenoxy) is 1. The van der Waals surface area contributed by atoms with Crippen LogP contribution in [0.25, 0.3) is 0 Å². The van der Waals surface area contributed by atoms with E-state index in [9.17, 15) is 0 Å². The summed E-state index contributed by atoms with van der Waals surface area (Å²) in [5, 5.41) is 0.812. The molecule has 1 aliphatic heterocycles. The average Bonchev–Trinajstić information content (AvgIpc) is 2.41. The Bertz CT molecular complexity index is 357. The molecule has 0 spiro atoms. The molecule has 1 saturated heterocycles. The Morgan fingerprint density at radius 2 is 2.17 bits per heavy atom. The fourth-order valence-electron chi connectivity index (χ4n) is 2.05. The molecule has 0 saturated carbocycles. The number of hydrogen-bond donors (Lipinski definition) is 0. The van der Waals surface area contributed by atoms with Crippen LogP contribution in [-0.2, 0) is 0 Å². The summed E-state index contributed by atoms with van der Waals surface area (Å²) in [6, 6.07) is 8.04. The molecule has 1 aromatic rings. The lowest BCUT2D eigenvalue weighted by atomic mass is 10.3. The van der Waals surface area contributed by atoms with Crippen LogP contribution < -0.4 is 4.74 Å². The van der Waals surface area contributed by atoms with Gasteiger partial charge in [-0.25, -0.2) is 0 Å². The smallest absolute Gasteiger partial charge is 0.119 e. The molecular weight excluding hydrogens is 310 g/mol. The van der Waals surface area contributed by atoms with E-state index in [0.717, 1.165) is 28.6 Å². The van der Waals surface area contributed by atoms with E-state index in [4.69, 9.17) is 4.74 Å². The molecule has 0 radical (unpaired) electrons. The molecule has 1 aromatic carbocycles. The van der Waals surface area contributed by atoms with Crippen LogP contribution in [0.1, 0.15) is 13.3 Å². The van der Waals surface area contributed by atoms with Crippen LogP contribution in [0.2, 0.25) is 0 Å². The summed E-state index contributed by atoms with van der Waals surface area (Å²) in [5.41, 5.74) is 0. The van der Waals surface area contributed by atoms with Crippen molar-refractivity contribution in [2.75, 3.05) is 32.0 Å². The monoisotopic (exact) mass is 329 g/mol. The topological polar surface area (TPSA) is 12.5 Å². The van der Waals surface area contributed by atoms with E-state index >= 15 is 0 Å². The lowest BCUT2D eigenvalue weighted by molar-refractivity contribution is 0.212. The standard InChI is InChI=1S/C14H20BrNOS/c1-2-14-11-16(8-10-18-14)7-9-17-13-5-3-12(15)4-6-13/h3-6,14H,2,7-11H2,1H3. The first-order valence-electron chi connectivity index (χ1n) is 6.50. The number of rotatable bonds is 5. The lowest BCUT2D eigenvalue weighted by Gasteiger charge is -2.31. The van der Waals surface area contributed by atoms with Crippen molar-refractivity contribution < 1.29 is 4.74 Å². The zero-order valence-electron chi connectivity index (χ0n) is 10.8. The molecule has 18 heavy (non-hydrogen) atoms. The Labute approximate surface area is 122 Å². The Morgan fingerprint density at radius 1 is 1.39 bits per heavy atom. The number of benzene rings is 1.